The van der Waals surface area contributed by atoms with Gasteiger partial charge in [-0.05, 0) is 25.0 Å². The zero-order valence-electron chi connectivity index (χ0n) is 7.93. The van der Waals surface area contributed by atoms with Gasteiger partial charge in [0.1, 0.15) is 11.0 Å². The summed E-state index contributed by atoms with van der Waals surface area (Å²) in [5, 5.41) is 8.62. The summed E-state index contributed by atoms with van der Waals surface area (Å²) in [6.45, 7) is 1.01. The van der Waals surface area contributed by atoms with Crippen molar-refractivity contribution in [2.45, 2.75) is 19.4 Å². The van der Waals surface area contributed by atoms with E-state index in [1.54, 1.807) is 4.80 Å². The SMILES string of the molecule is [N]CCCCn1nc2ccccc2n1. The number of aryl methyl sites for hydroxylation is 1. The lowest BCUT2D eigenvalue weighted by atomic mass is 10.3. The average Bonchev–Trinajstić information content (AvgIpc) is 2.60. The molecule has 2 radical (unpaired) electrons. The van der Waals surface area contributed by atoms with Crippen LogP contribution in [-0.4, -0.2) is 21.5 Å². The van der Waals surface area contributed by atoms with Gasteiger partial charge in [0.2, 0.25) is 0 Å². The van der Waals surface area contributed by atoms with Crippen LogP contribution in [0.1, 0.15) is 12.8 Å². The van der Waals surface area contributed by atoms with E-state index >= 15 is 0 Å². The van der Waals surface area contributed by atoms with Gasteiger partial charge in [0, 0.05) is 6.54 Å². The minimum Gasteiger partial charge on any atom is -0.184 e. The van der Waals surface area contributed by atoms with Crippen molar-refractivity contribution in [1.82, 2.24) is 20.7 Å². The van der Waals surface area contributed by atoms with Gasteiger partial charge in [-0.1, -0.05) is 12.1 Å². The van der Waals surface area contributed by atoms with Gasteiger partial charge >= 0.3 is 0 Å². The first-order valence-corrected chi connectivity index (χ1v) is 4.81. The predicted molar refractivity (Wildman–Crippen MR) is 53.8 cm³/mol. The first kappa shape index (κ1) is 9.15. The summed E-state index contributed by atoms with van der Waals surface area (Å²) in [5.41, 5.74) is 10.5. The lowest BCUT2D eigenvalue weighted by Gasteiger charge is -1.95. The van der Waals surface area contributed by atoms with Crippen molar-refractivity contribution in [1.29, 1.82) is 0 Å². The fourth-order valence-electron chi connectivity index (χ4n) is 1.37. The molecule has 1 aromatic carbocycles. The molecule has 0 unspecified atom stereocenters. The monoisotopic (exact) mass is 188 g/mol. The Morgan fingerprint density at radius 1 is 1.07 bits per heavy atom. The van der Waals surface area contributed by atoms with Crippen molar-refractivity contribution in [2.24, 2.45) is 0 Å². The fourth-order valence-corrected chi connectivity index (χ4v) is 1.37. The largest absolute Gasteiger partial charge is 0.184 e. The molecule has 2 aromatic rings. The zero-order valence-corrected chi connectivity index (χ0v) is 7.93. The summed E-state index contributed by atoms with van der Waals surface area (Å²) in [6.07, 6.45) is 1.72. The molecule has 0 fully saturated rings. The zero-order chi connectivity index (χ0) is 9.80. The van der Waals surface area contributed by atoms with E-state index in [9.17, 15) is 0 Å². The van der Waals surface area contributed by atoms with E-state index < -0.39 is 0 Å². The summed E-state index contributed by atoms with van der Waals surface area (Å²) < 4.78 is 0. The molecule has 0 aliphatic carbocycles. The highest BCUT2D eigenvalue weighted by molar-refractivity contribution is 5.72. The third-order valence-corrected chi connectivity index (χ3v) is 2.09. The Hall–Kier alpha value is -1.42. The summed E-state index contributed by atoms with van der Waals surface area (Å²) in [6, 6.07) is 7.81. The number of aromatic nitrogens is 3. The Balaban J connectivity index is 2.11. The van der Waals surface area contributed by atoms with Crippen LogP contribution in [-0.2, 0) is 6.54 Å². The molecular weight excluding hydrogens is 176 g/mol. The number of unbranched alkanes of at least 4 members (excludes halogenated alkanes) is 1. The molecule has 1 heterocycles. The van der Waals surface area contributed by atoms with Crippen LogP contribution in [0.3, 0.4) is 0 Å². The Labute approximate surface area is 82.7 Å². The van der Waals surface area contributed by atoms with Crippen molar-refractivity contribution in [3.8, 4) is 0 Å². The number of hydrogen-bond donors (Lipinski definition) is 0. The van der Waals surface area contributed by atoms with Crippen LogP contribution < -0.4 is 5.73 Å². The third-order valence-electron chi connectivity index (χ3n) is 2.09. The maximum absolute atomic E-state index is 8.63. The molecule has 72 valence electrons. The first-order valence-electron chi connectivity index (χ1n) is 4.81. The van der Waals surface area contributed by atoms with Crippen LogP contribution in [0.2, 0.25) is 0 Å². The molecule has 4 nitrogen and oxygen atoms in total. The van der Waals surface area contributed by atoms with E-state index in [4.69, 9.17) is 5.73 Å². The summed E-state index contributed by atoms with van der Waals surface area (Å²) in [4.78, 5) is 1.69. The highest BCUT2D eigenvalue weighted by atomic mass is 15.5. The Morgan fingerprint density at radius 3 is 2.29 bits per heavy atom. The first-order chi connectivity index (χ1) is 6.90. The topological polar surface area (TPSA) is 53.0 Å². The van der Waals surface area contributed by atoms with E-state index in [0.29, 0.717) is 0 Å². The second-order valence-corrected chi connectivity index (χ2v) is 3.22. The number of benzene rings is 1. The Bertz CT molecular complexity index is 374. The van der Waals surface area contributed by atoms with Crippen molar-refractivity contribution < 1.29 is 0 Å². The van der Waals surface area contributed by atoms with Crippen LogP contribution in [0.5, 0.6) is 0 Å². The van der Waals surface area contributed by atoms with Gasteiger partial charge in [0.05, 0.1) is 6.54 Å². The minimum absolute atomic E-state index is 0.237. The molecule has 0 bridgehead atoms. The molecule has 0 saturated heterocycles. The van der Waals surface area contributed by atoms with Crippen LogP contribution >= 0.6 is 0 Å². The van der Waals surface area contributed by atoms with Gasteiger partial charge < -0.3 is 0 Å². The molecular formula is C10H12N4. The Morgan fingerprint density at radius 2 is 1.71 bits per heavy atom. The van der Waals surface area contributed by atoms with Gasteiger partial charge in [-0.25, -0.2) is 0 Å². The molecule has 0 amide bonds. The van der Waals surface area contributed by atoms with Gasteiger partial charge in [0.25, 0.3) is 0 Å². The van der Waals surface area contributed by atoms with E-state index in [1.165, 1.54) is 0 Å². The number of nitrogens with zero attached hydrogens (tertiary/aromatic N) is 4. The van der Waals surface area contributed by atoms with E-state index in [-0.39, 0.29) is 6.54 Å². The molecule has 2 rings (SSSR count). The standard InChI is InChI=1S/C10H12N4/c11-7-3-4-8-14-12-9-5-1-2-6-10(9)13-14/h1-2,5-6H,3-4,7-8H2. The molecule has 0 aliphatic rings. The van der Waals surface area contributed by atoms with Gasteiger partial charge in [-0.2, -0.15) is 15.0 Å². The molecule has 0 aliphatic heterocycles. The van der Waals surface area contributed by atoms with E-state index in [2.05, 4.69) is 10.2 Å². The highest BCUT2D eigenvalue weighted by Crippen LogP contribution is 2.07. The molecule has 1 aromatic heterocycles. The van der Waals surface area contributed by atoms with Crippen LogP contribution in [0.15, 0.2) is 24.3 Å². The second-order valence-electron chi connectivity index (χ2n) is 3.22. The summed E-state index contributed by atoms with van der Waals surface area (Å²) in [5.74, 6) is 0. The van der Waals surface area contributed by atoms with Crippen LogP contribution in [0.25, 0.3) is 11.0 Å². The van der Waals surface area contributed by atoms with E-state index in [0.717, 1.165) is 30.4 Å². The number of fused-ring (bicyclic) bond motifs is 1. The summed E-state index contributed by atoms with van der Waals surface area (Å²) in [7, 11) is 0. The van der Waals surface area contributed by atoms with Gasteiger partial charge in [-0.15, -0.1) is 5.73 Å². The fraction of sp³-hybridized carbons (Fsp3) is 0.400. The molecule has 0 N–H and O–H groups in total. The second kappa shape index (κ2) is 4.19. The third kappa shape index (κ3) is 1.90. The maximum Gasteiger partial charge on any atom is 0.113 e. The minimum atomic E-state index is 0.237. The smallest absolute Gasteiger partial charge is 0.113 e. The van der Waals surface area contributed by atoms with Crippen LogP contribution in [0.4, 0.5) is 0 Å². The molecule has 0 saturated carbocycles. The van der Waals surface area contributed by atoms with Crippen molar-refractivity contribution in [3.05, 3.63) is 24.3 Å². The lowest BCUT2D eigenvalue weighted by Crippen LogP contribution is -2.02. The Kier molecular flexibility index (Phi) is 2.74. The summed E-state index contributed by atoms with van der Waals surface area (Å²) >= 11 is 0. The van der Waals surface area contributed by atoms with Gasteiger partial charge in [-0.3, -0.25) is 0 Å². The lowest BCUT2D eigenvalue weighted by molar-refractivity contribution is 0.506. The number of rotatable bonds is 4. The normalized spacial score (nSPS) is 10.9. The average molecular weight is 188 g/mol. The van der Waals surface area contributed by atoms with Crippen LogP contribution in [0, 0.1) is 0 Å². The van der Waals surface area contributed by atoms with Crippen molar-refractivity contribution in [2.75, 3.05) is 6.54 Å². The predicted octanol–water partition coefficient (Wildman–Crippen LogP) is 1.28. The van der Waals surface area contributed by atoms with Crippen molar-refractivity contribution >= 4 is 11.0 Å². The molecule has 0 spiro atoms. The molecule has 14 heavy (non-hydrogen) atoms. The number of hydrogen-bond acceptors (Lipinski definition) is 2. The van der Waals surface area contributed by atoms with Crippen molar-refractivity contribution in [3.63, 3.8) is 0 Å². The molecule has 4 heteroatoms. The van der Waals surface area contributed by atoms with Gasteiger partial charge in [0.15, 0.2) is 0 Å². The maximum atomic E-state index is 8.63. The van der Waals surface area contributed by atoms with E-state index in [1.807, 2.05) is 24.3 Å². The highest BCUT2D eigenvalue weighted by Gasteiger charge is 1.99. The molecule has 0 atom stereocenters. The quantitative estimate of drug-likeness (QED) is 0.679.